The maximum Gasteiger partial charge on any atom is 0.165 e. The second-order valence-corrected chi connectivity index (χ2v) is 4.23. The Balaban J connectivity index is 2.11. The summed E-state index contributed by atoms with van der Waals surface area (Å²) in [6, 6.07) is 12.2. The van der Waals surface area contributed by atoms with Crippen LogP contribution in [0.15, 0.2) is 42.5 Å². The predicted molar refractivity (Wildman–Crippen MR) is 71.9 cm³/mol. The Morgan fingerprint density at radius 3 is 2.42 bits per heavy atom. The van der Waals surface area contributed by atoms with E-state index in [1.54, 1.807) is 0 Å². The van der Waals surface area contributed by atoms with Crippen molar-refractivity contribution in [1.82, 2.24) is 0 Å². The van der Waals surface area contributed by atoms with E-state index in [0.717, 1.165) is 12.0 Å². The molecule has 2 nitrogen and oxygen atoms in total. The van der Waals surface area contributed by atoms with Gasteiger partial charge in [0.05, 0.1) is 5.56 Å². The Kier molecular flexibility index (Phi) is 4.29. The molecule has 2 aromatic carbocycles. The summed E-state index contributed by atoms with van der Waals surface area (Å²) in [5.74, 6) is -0.508. The Labute approximate surface area is 111 Å². The lowest BCUT2D eigenvalue weighted by Gasteiger charge is -2.09. The first kappa shape index (κ1) is 13.3. The number of carbonyl (C=O) groups is 1. The number of ether oxygens (including phenoxy) is 1. The van der Waals surface area contributed by atoms with Gasteiger partial charge in [0.25, 0.3) is 0 Å². The standard InChI is InChI=1S/C16H15FO2/c1-2-12-6-8-13(9-7-12)11-19-16-14(10-18)4-3-5-15(16)17/h3-10H,2,11H2,1H3. The van der Waals surface area contributed by atoms with Crippen molar-refractivity contribution in [3.05, 3.63) is 65.0 Å². The van der Waals surface area contributed by atoms with Gasteiger partial charge in [-0.2, -0.15) is 0 Å². The molecule has 98 valence electrons. The van der Waals surface area contributed by atoms with E-state index in [9.17, 15) is 9.18 Å². The van der Waals surface area contributed by atoms with Crippen LogP contribution in [0.5, 0.6) is 5.75 Å². The van der Waals surface area contributed by atoms with E-state index in [1.165, 1.54) is 23.8 Å². The van der Waals surface area contributed by atoms with Gasteiger partial charge in [0, 0.05) is 0 Å². The fraction of sp³-hybridized carbons (Fsp3) is 0.188. The van der Waals surface area contributed by atoms with Gasteiger partial charge in [0.15, 0.2) is 17.9 Å². The summed E-state index contributed by atoms with van der Waals surface area (Å²) >= 11 is 0. The quantitative estimate of drug-likeness (QED) is 0.763. The molecule has 0 N–H and O–H groups in total. The van der Waals surface area contributed by atoms with E-state index < -0.39 is 5.82 Å². The molecule has 0 aliphatic carbocycles. The highest BCUT2D eigenvalue weighted by atomic mass is 19.1. The highest BCUT2D eigenvalue weighted by Gasteiger charge is 2.09. The zero-order valence-corrected chi connectivity index (χ0v) is 10.7. The SMILES string of the molecule is CCc1ccc(COc2c(F)cccc2C=O)cc1. The smallest absolute Gasteiger partial charge is 0.165 e. The zero-order valence-electron chi connectivity index (χ0n) is 10.7. The number of carbonyl (C=O) groups excluding carboxylic acids is 1. The topological polar surface area (TPSA) is 26.3 Å². The Morgan fingerprint density at radius 2 is 1.79 bits per heavy atom. The van der Waals surface area contributed by atoms with Crippen LogP contribution in [0.4, 0.5) is 4.39 Å². The largest absolute Gasteiger partial charge is 0.485 e. The first-order valence-electron chi connectivity index (χ1n) is 6.19. The molecule has 2 rings (SSSR count). The maximum atomic E-state index is 13.6. The van der Waals surface area contributed by atoms with Crippen molar-refractivity contribution in [3.8, 4) is 5.75 Å². The average molecular weight is 258 g/mol. The van der Waals surface area contributed by atoms with Crippen molar-refractivity contribution in [2.45, 2.75) is 20.0 Å². The minimum absolute atomic E-state index is 0.0112. The lowest BCUT2D eigenvalue weighted by molar-refractivity contribution is 0.111. The van der Waals surface area contributed by atoms with Gasteiger partial charge in [-0.25, -0.2) is 4.39 Å². The van der Waals surface area contributed by atoms with Crippen molar-refractivity contribution < 1.29 is 13.9 Å². The van der Waals surface area contributed by atoms with Crippen LogP contribution in [0, 0.1) is 5.82 Å². The van der Waals surface area contributed by atoms with Crippen LogP contribution in [0.1, 0.15) is 28.4 Å². The average Bonchev–Trinajstić information content (AvgIpc) is 2.46. The third-order valence-corrected chi connectivity index (χ3v) is 2.94. The lowest BCUT2D eigenvalue weighted by atomic mass is 10.1. The fourth-order valence-corrected chi connectivity index (χ4v) is 1.80. The van der Waals surface area contributed by atoms with E-state index in [1.807, 2.05) is 24.3 Å². The van der Waals surface area contributed by atoms with Crippen molar-refractivity contribution in [2.75, 3.05) is 0 Å². The van der Waals surface area contributed by atoms with Crippen LogP contribution in [0.2, 0.25) is 0 Å². The normalized spacial score (nSPS) is 10.2. The van der Waals surface area contributed by atoms with Gasteiger partial charge in [-0.05, 0) is 29.7 Å². The number of aryl methyl sites for hydroxylation is 1. The summed E-state index contributed by atoms with van der Waals surface area (Å²) in [6.45, 7) is 2.33. The van der Waals surface area contributed by atoms with Gasteiger partial charge in [0.1, 0.15) is 6.61 Å². The third-order valence-electron chi connectivity index (χ3n) is 2.94. The molecular weight excluding hydrogens is 243 g/mol. The van der Waals surface area contributed by atoms with Gasteiger partial charge in [-0.3, -0.25) is 4.79 Å². The molecule has 0 fully saturated rings. The highest BCUT2D eigenvalue weighted by molar-refractivity contribution is 5.79. The number of rotatable bonds is 5. The molecule has 3 heteroatoms. The number of hydrogen-bond acceptors (Lipinski definition) is 2. The summed E-state index contributed by atoms with van der Waals surface area (Å²) in [5, 5.41) is 0. The van der Waals surface area contributed by atoms with E-state index in [2.05, 4.69) is 6.92 Å². The molecule has 19 heavy (non-hydrogen) atoms. The van der Waals surface area contributed by atoms with Crippen molar-refractivity contribution >= 4 is 6.29 Å². The molecule has 0 aliphatic rings. The molecule has 0 amide bonds. The van der Waals surface area contributed by atoms with Gasteiger partial charge in [0.2, 0.25) is 0 Å². The maximum absolute atomic E-state index is 13.6. The van der Waals surface area contributed by atoms with E-state index >= 15 is 0 Å². The second-order valence-electron chi connectivity index (χ2n) is 4.23. The predicted octanol–water partition coefficient (Wildman–Crippen LogP) is 3.78. The molecule has 0 bridgehead atoms. The molecule has 0 heterocycles. The molecule has 0 atom stereocenters. The van der Waals surface area contributed by atoms with Gasteiger partial charge >= 0.3 is 0 Å². The molecule has 0 radical (unpaired) electrons. The highest BCUT2D eigenvalue weighted by Crippen LogP contribution is 2.22. The van der Waals surface area contributed by atoms with Gasteiger partial charge in [-0.1, -0.05) is 37.3 Å². The summed E-state index contributed by atoms with van der Waals surface area (Å²) in [6.07, 6.45) is 1.57. The minimum Gasteiger partial charge on any atom is -0.485 e. The molecule has 0 aromatic heterocycles. The van der Waals surface area contributed by atoms with Crippen molar-refractivity contribution in [1.29, 1.82) is 0 Å². The Bertz CT molecular complexity index is 561. The Hall–Kier alpha value is -2.16. The molecule has 0 aliphatic heterocycles. The lowest BCUT2D eigenvalue weighted by Crippen LogP contribution is -2.00. The third kappa shape index (κ3) is 3.19. The molecule has 0 spiro atoms. The number of benzene rings is 2. The second kappa shape index (κ2) is 6.14. The fourth-order valence-electron chi connectivity index (χ4n) is 1.80. The number of hydrogen-bond donors (Lipinski definition) is 0. The minimum atomic E-state index is -0.519. The molecule has 0 saturated heterocycles. The van der Waals surface area contributed by atoms with Crippen LogP contribution in [0.25, 0.3) is 0 Å². The van der Waals surface area contributed by atoms with E-state index in [0.29, 0.717) is 6.29 Å². The number of aldehydes is 1. The van der Waals surface area contributed by atoms with E-state index in [4.69, 9.17) is 4.74 Å². The van der Waals surface area contributed by atoms with Crippen LogP contribution in [0.3, 0.4) is 0 Å². The molecule has 2 aromatic rings. The van der Waals surface area contributed by atoms with Crippen LogP contribution >= 0.6 is 0 Å². The van der Waals surface area contributed by atoms with Gasteiger partial charge in [-0.15, -0.1) is 0 Å². The summed E-state index contributed by atoms with van der Waals surface area (Å²) in [5.41, 5.74) is 2.41. The van der Waals surface area contributed by atoms with Crippen molar-refractivity contribution in [2.24, 2.45) is 0 Å². The monoisotopic (exact) mass is 258 g/mol. The van der Waals surface area contributed by atoms with Gasteiger partial charge < -0.3 is 4.74 Å². The van der Waals surface area contributed by atoms with Crippen LogP contribution < -0.4 is 4.74 Å². The van der Waals surface area contributed by atoms with Crippen LogP contribution in [-0.2, 0) is 13.0 Å². The Morgan fingerprint density at radius 1 is 1.11 bits per heavy atom. The summed E-state index contributed by atoms with van der Waals surface area (Å²) < 4.78 is 19.0. The van der Waals surface area contributed by atoms with Crippen molar-refractivity contribution in [3.63, 3.8) is 0 Å². The molecular formula is C16H15FO2. The first-order chi connectivity index (χ1) is 9.24. The zero-order chi connectivity index (χ0) is 13.7. The van der Waals surface area contributed by atoms with E-state index in [-0.39, 0.29) is 17.9 Å². The molecule has 0 unspecified atom stereocenters. The van der Waals surface area contributed by atoms with Crippen LogP contribution in [-0.4, -0.2) is 6.29 Å². The first-order valence-corrected chi connectivity index (χ1v) is 6.19. The number of para-hydroxylation sites is 1. The summed E-state index contributed by atoms with van der Waals surface area (Å²) in [4.78, 5) is 10.8. The summed E-state index contributed by atoms with van der Waals surface area (Å²) in [7, 11) is 0. The molecule has 0 saturated carbocycles. The number of halogens is 1.